The van der Waals surface area contributed by atoms with Gasteiger partial charge in [-0.1, -0.05) is 51.4 Å². The van der Waals surface area contributed by atoms with Gasteiger partial charge in [0.25, 0.3) is 0 Å². The van der Waals surface area contributed by atoms with Crippen molar-refractivity contribution < 1.29 is 29.7 Å². The van der Waals surface area contributed by atoms with Crippen LogP contribution in [0.15, 0.2) is 0 Å². The van der Waals surface area contributed by atoms with Crippen molar-refractivity contribution in [2.75, 3.05) is 13.2 Å². The molecule has 5 heterocycles. The maximum absolute atomic E-state index is 7.57. The SMILES string of the molecule is C1CCC2C3NC(NC4NC(NC5NC(NC6NC(N3)C3CCCCC63)C3CCCCC53)C3CCCCC43)C2C1.CCO.CCO.[Ru]. The predicted molar refractivity (Wildman–Crippen MR) is 183 cm³/mol. The standard InChI is InChI=1S/C32H56N8.2C2H6O.Ru/c1-2-10-18-17(9-1)25-33-26(18)38-28-21-13-5-6-14-22(21)30(35-28)40-32-24-16-8-7-15-23(24)31(36-32)39-29-20-12-4-3-11-19(20)27(34-29)37-25;2*1-2-3;/h17-40H,1-16H2;2*3H,2H2,1H3;. The second-order valence-corrected chi connectivity index (χ2v) is 16.2. The van der Waals surface area contributed by atoms with E-state index in [1.54, 1.807) is 13.8 Å². The van der Waals surface area contributed by atoms with E-state index in [0.29, 0.717) is 49.3 Å². The van der Waals surface area contributed by atoms with Gasteiger partial charge in [0, 0.05) is 32.7 Å². The molecule has 5 saturated heterocycles. The quantitative estimate of drug-likeness (QED) is 0.169. The molecule has 0 spiro atoms. The summed E-state index contributed by atoms with van der Waals surface area (Å²) in [6.45, 7) is 3.86. The minimum atomic E-state index is 0. The summed E-state index contributed by atoms with van der Waals surface area (Å²) < 4.78 is 0. The number of fused-ring (bicyclic) bond motifs is 20. The average Bonchev–Trinajstić information content (AvgIpc) is 3.81. The molecule has 10 nitrogen and oxygen atoms in total. The van der Waals surface area contributed by atoms with Crippen LogP contribution in [0.2, 0.25) is 0 Å². The molecule has 0 aromatic heterocycles. The van der Waals surface area contributed by atoms with Crippen molar-refractivity contribution in [2.24, 2.45) is 47.3 Å². The van der Waals surface area contributed by atoms with E-state index < -0.39 is 0 Å². The van der Waals surface area contributed by atoms with Crippen molar-refractivity contribution >= 4 is 0 Å². The first-order valence-corrected chi connectivity index (χ1v) is 19.9. The maximum Gasteiger partial charge on any atom is 0.0628 e. The van der Waals surface area contributed by atoms with E-state index in [1.165, 1.54) is 103 Å². The molecule has 4 saturated carbocycles. The second kappa shape index (κ2) is 17.2. The van der Waals surface area contributed by atoms with Gasteiger partial charge >= 0.3 is 0 Å². The van der Waals surface area contributed by atoms with Gasteiger partial charge in [0.05, 0.1) is 49.3 Å². The molecule has 8 atom stereocenters. The molecule has 11 heteroatoms. The Morgan fingerprint density at radius 1 is 0.319 bits per heavy atom. The van der Waals surface area contributed by atoms with E-state index in [-0.39, 0.29) is 32.7 Å². The molecule has 8 unspecified atom stereocenters. The van der Waals surface area contributed by atoms with Crippen molar-refractivity contribution in [3.8, 4) is 0 Å². The molecule has 9 rings (SSSR count). The molecule has 0 aromatic carbocycles. The Morgan fingerprint density at radius 3 is 0.532 bits per heavy atom. The summed E-state index contributed by atoms with van der Waals surface area (Å²) in [4.78, 5) is 0. The first-order chi connectivity index (χ1) is 22.6. The number of aliphatic hydroxyl groups excluding tert-OH is 2. The van der Waals surface area contributed by atoms with Gasteiger partial charge in [-0.15, -0.1) is 0 Å². The first kappa shape index (κ1) is 37.0. The topological polar surface area (TPSA) is 137 Å². The van der Waals surface area contributed by atoms with Gasteiger partial charge in [-0.2, -0.15) is 0 Å². The van der Waals surface area contributed by atoms with E-state index in [4.69, 9.17) is 10.2 Å². The molecule has 0 radical (unpaired) electrons. The predicted octanol–water partition coefficient (Wildman–Crippen LogP) is 2.60. The Kier molecular flexibility index (Phi) is 13.5. The monoisotopic (exact) mass is 746 g/mol. The van der Waals surface area contributed by atoms with E-state index in [9.17, 15) is 0 Å². The van der Waals surface area contributed by atoms with Crippen LogP contribution in [-0.2, 0) is 19.5 Å². The third kappa shape index (κ3) is 7.72. The normalized spacial score (nSPS) is 49.8. The van der Waals surface area contributed by atoms with Crippen molar-refractivity contribution in [1.29, 1.82) is 0 Å². The zero-order chi connectivity index (χ0) is 31.6. The molecule has 0 aromatic rings. The van der Waals surface area contributed by atoms with Gasteiger partial charge in [0.15, 0.2) is 0 Å². The fraction of sp³-hybridized carbons (Fsp3) is 1.00. The largest absolute Gasteiger partial charge is 0.397 e. The molecule has 10 N–H and O–H groups in total. The molecular formula is C36H68N8O2Ru. The Bertz CT molecular complexity index is 758. The van der Waals surface area contributed by atoms with Crippen molar-refractivity contribution in [3.05, 3.63) is 0 Å². The number of nitrogens with one attached hydrogen (secondary N) is 8. The van der Waals surface area contributed by atoms with Crippen LogP contribution in [0.3, 0.4) is 0 Å². The summed E-state index contributed by atoms with van der Waals surface area (Å²) in [7, 11) is 0. The molecule has 0 amide bonds. The second-order valence-electron chi connectivity index (χ2n) is 16.2. The number of rotatable bonds is 0. The van der Waals surface area contributed by atoms with Gasteiger partial charge in [-0.25, -0.2) is 0 Å². The molecular weight excluding hydrogens is 678 g/mol. The van der Waals surface area contributed by atoms with Crippen LogP contribution in [0, 0.1) is 47.3 Å². The van der Waals surface area contributed by atoms with Crippen LogP contribution < -0.4 is 42.5 Å². The van der Waals surface area contributed by atoms with Crippen LogP contribution in [0.25, 0.3) is 0 Å². The summed E-state index contributed by atoms with van der Waals surface area (Å²) in [5, 5.41) is 48.9. The van der Waals surface area contributed by atoms with Crippen LogP contribution in [0.1, 0.15) is 117 Å². The van der Waals surface area contributed by atoms with Crippen molar-refractivity contribution in [2.45, 2.75) is 166 Å². The Hall–Kier alpha value is 0.223. The molecule has 47 heavy (non-hydrogen) atoms. The van der Waals surface area contributed by atoms with Gasteiger partial charge < -0.3 is 10.2 Å². The molecule has 9 aliphatic rings. The van der Waals surface area contributed by atoms with E-state index in [0.717, 1.165) is 47.3 Å². The van der Waals surface area contributed by atoms with E-state index in [1.807, 2.05) is 0 Å². The number of hydrogen-bond donors (Lipinski definition) is 10. The Morgan fingerprint density at radius 2 is 0.426 bits per heavy atom. The van der Waals surface area contributed by atoms with E-state index >= 15 is 0 Å². The maximum atomic E-state index is 7.57. The van der Waals surface area contributed by atoms with Crippen molar-refractivity contribution in [3.63, 3.8) is 0 Å². The average molecular weight is 746 g/mol. The summed E-state index contributed by atoms with van der Waals surface area (Å²) in [6, 6.07) is 0. The molecule has 9 fully saturated rings. The van der Waals surface area contributed by atoms with Gasteiger partial charge in [0.1, 0.15) is 0 Å². The van der Waals surface area contributed by atoms with Crippen LogP contribution >= 0.6 is 0 Å². The van der Waals surface area contributed by atoms with Crippen LogP contribution in [0.5, 0.6) is 0 Å². The van der Waals surface area contributed by atoms with Crippen LogP contribution in [-0.4, -0.2) is 72.8 Å². The Labute approximate surface area is 297 Å². The molecule has 8 bridgehead atoms. The van der Waals surface area contributed by atoms with Gasteiger partial charge in [0.2, 0.25) is 0 Å². The summed E-state index contributed by atoms with van der Waals surface area (Å²) >= 11 is 0. The third-order valence-electron chi connectivity index (χ3n) is 13.8. The first-order valence-electron chi connectivity index (χ1n) is 19.9. The molecule has 4 aliphatic carbocycles. The van der Waals surface area contributed by atoms with Gasteiger partial charge in [-0.3, -0.25) is 42.5 Å². The molecule has 272 valence electrons. The van der Waals surface area contributed by atoms with E-state index in [2.05, 4.69) is 42.5 Å². The third-order valence-corrected chi connectivity index (χ3v) is 13.8. The summed E-state index contributed by atoms with van der Waals surface area (Å²) in [5.41, 5.74) is 0. The fourth-order valence-electron chi connectivity index (χ4n) is 12.0. The zero-order valence-corrected chi connectivity index (χ0v) is 31.0. The minimum Gasteiger partial charge on any atom is -0.397 e. The van der Waals surface area contributed by atoms with Gasteiger partial charge in [-0.05, 0) is 113 Å². The number of hydrogen-bond acceptors (Lipinski definition) is 10. The van der Waals surface area contributed by atoms with Crippen molar-refractivity contribution in [1.82, 2.24) is 42.5 Å². The minimum absolute atomic E-state index is 0. The fourth-order valence-corrected chi connectivity index (χ4v) is 12.0. The van der Waals surface area contributed by atoms with Crippen LogP contribution in [0.4, 0.5) is 0 Å². The summed E-state index contributed by atoms with van der Waals surface area (Å²) in [6.07, 6.45) is 25.6. The number of aliphatic hydroxyl groups is 2. The Balaban J connectivity index is 0.000000516. The zero-order valence-electron chi connectivity index (χ0n) is 29.2. The smallest absolute Gasteiger partial charge is 0.0628 e. The molecule has 5 aliphatic heterocycles. The summed E-state index contributed by atoms with van der Waals surface area (Å²) in [5.74, 6) is 5.97.